The van der Waals surface area contributed by atoms with Gasteiger partial charge in [-0.1, -0.05) is 17.5 Å². The third-order valence-corrected chi connectivity index (χ3v) is 4.82. The highest BCUT2D eigenvalue weighted by atomic mass is 35.5. The van der Waals surface area contributed by atoms with E-state index in [1.807, 2.05) is 0 Å². The standard InChI is InChI=1S/C14H9ClN2O6S/c1-2-8-23-14(18)12-4-3-7-16(12)24(21,22)13-9-10(15)5-6-11(13)17(19)20/h1,3-7,9H,8H2. The molecule has 0 N–H and O–H groups in total. The van der Waals surface area contributed by atoms with Crippen molar-refractivity contribution >= 4 is 33.3 Å². The van der Waals surface area contributed by atoms with Gasteiger partial charge in [0.05, 0.1) is 4.92 Å². The average molecular weight is 369 g/mol. The lowest BCUT2D eigenvalue weighted by Crippen LogP contribution is -2.20. The number of benzene rings is 1. The molecule has 0 fully saturated rings. The van der Waals surface area contributed by atoms with E-state index in [1.54, 1.807) is 0 Å². The van der Waals surface area contributed by atoms with Crippen LogP contribution in [-0.2, 0) is 14.8 Å². The summed E-state index contributed by atoms with van der Waals surface area (Å²) >= 11 is 5.75. The Hall–Kier alpha value is -2.83. The molecule has 1 heterocycles. The Kier molecular flexibility index (Phi) is 4.92. The van der Waals surface area contributed by atoms with Crippen LogP contribution in [0.15, 0.2) is 41.4 Å². The highest BCUT2D eigenvalue weighted by molar-refractivity contribution is 7.90. The number of esters is 1. The van der Waals surface area contributed by atoms with E-state index >= 15 is 0 Å². The summed E-state index contributed by atoms with van der Waals surface area (Å²) in [6.45, 7) is -0.346. The van der Waals surface area contributed by atoms with Crippen molar-refractivity contribution in [1.82, 2.24) is 3.97 Å². The number of hydrogen-bond donors (Lipinski definition) is 0. The van der Waals surface area contributed by atoms with Crippen LogP contribution in [0.3, 0.4) is 0 Å². The molecule has 0 saturated carbocycles. The lowest BCUT2D eigenvalue weighted by molar-refractivity contribution is -0.387. The van der Waals surface area contributed by atoms with Crippen LogP contribution in [0.1, 0.15) is 10.5 Å². The van der Waals surface area contributed by atoms with E-state index in [1.165, 1.54) is 18.2 Å². The van der Waals surface area contributed by atoms with Gasteiger partial charge in [0.1, 0.15) is 5.69 Å². The Labute approximate surface area is 141 Å². The van der Waals surface area contributed by atoms with Crippen molar-refractivity contribution in [3.8, 4) is 12.3 Å². The van der Waals surface area contributed by atoms with E-state index in [0.717, 1.165) is 18.3 Å². The molecule has 0 saturated heterocycles. The first-order valence-electron chi connectivity index (χ1n) is 6.26. The van der Waals surface area contributed by atoms with Crippen molar-refractivity contribution in [1.29, 1.82) is 0 Å². The van der Waals surface area contributed by atoms with Gasteiger partial charge in [-0.15, -0.1) is 6.42 Å². The van der Waals surface area contributed by atoms with Gasteiger partial charge in [-0.2, -0.15) is 0 Å². The Balaban J connectivity index is 2.60. The molecule has 24 heavy (non-hydrogen) atoms. The van der Waals surface area contributed by atoms with Gasteiger partial charge < -0.3 is 4.74 Å². The molecule has 0 atom stereocenters. The fraction of sp³-hybridized carbons (Fsp3) is 0.0714. The molecular weight excluding hydrogens is 360 g/mol. The number of nitro benzene ring substituents is 1. The first-order valence-corrected chi connectivity index (χ1v) is 8.08. The number of nitrogens with zero attached hydrogens (tertiary/aromatic N) is 2. The zero-order valence-corrected chi connectivity index (χ0v) is 13.5. The van der Waals surface area contributed by atoms with Crippen LogP contribution >= 0.6 is 11.6 Å². The maximum atomic E-state index is 12.7. The van der Waals surface area contributed by atoms with E-state index in [2.05, 4.69) is 10.7 Å². The van der Waals surface area contributed by atoms with Crippen LogP contribution < -0.4 is 0 Å². The zero-order chi connectivity index (χ0) is 17.9. The molecule has 0 unspecified atom stereocenters. The Morgan fingerprint density at radius 1 is 1.42 bits per heavy atom. The predicted molar refractivity (Wildman–Crippen MR) is 84.2 cm³/mol. The topological polar surface area (TPSA) is 109 Å². The molecule has 0 aliphatic carbocycles. The number of terminal acetylenes is 1. The van der Waals surface area contributed by atoms with Crippen LogP contribution in [0.5, 0.6) is 0 Å². The minimum atomic E-state index is -4.46. The number of hydrogen-bond acceptors (Lipinski definition) is 6. The summed E-state index contributed by atoms with van der Waals surface area (Å²) in [5, 5.41) is 11.1. The molecule has 0 aliphatic rings. The minimum absolute atomic E-state index is 0.0113. The molecule has 0 radical (unpaired) electrons. The number of nitro groups is 1. The Bertz CT molecular complexity index is 958. The number of carbonyl (C=O) groups excluding carboxylic acids is 1. The maximum absolute atomic E-state index is 12.7. The van der Waals surface area contributed by atoms with Crippen LogP contribution in [-0.4, -0.2) is 29.9 Å². The monoisotopic (exact) mass is 368 g/mol. The zero-order valence-electron chi connectivity index (χ0n) is 11.9. The van der Waals surface area contributed by atoms with Gasteiger partial charge in [-0.05, 0) is 24.3 Å². The number of halogens is 1. The summed E-state index contributed by atoms with van der Waals surface area (Å²) in [4.78, 5) is 21.5. The van der Waals surface area contributed by atoms with Crippen molar-refractivity contribution in [2.24, 2.45) is 0 Å². The van der Waals surface area contributed by atoms with Crippen molar-refractivity contribution in [3.63, 3.8) is 0 Å². The van der Waals surface area contributed by atoms with Crippen molar-refractivity contribution in [3.05, 3.63) is 57.4 Å². The molecule has 0 aliphatic heterocycles. The van der Waals surface area contributed by atoms with Gasteiger partial charge in [0.15, 0.2) is 11.5 Å². The maximum Gasteiger partial charge on any atom is 0.356 e. The third kappa shape index (κ3) is 3.24. The molecule has 2 rings (SSSR count). The molecule has 1 aromatic carbocycles. The van der Waals surface area contributed by atoms with Crippen LogP contribution in [0.25, 0.3) is 0 Å². The normalized spacial score (nSPS) is 10.8. The highest BCUT2D eigenvalue weighted by Crippen LogP contribution is 2.29. The summed E-state index contributed by atoms with van der Waals surface area (Å²) in [6, 6.07) is 5.56. The molecule has 2 aromatic rings. The van der Waals surface area contributed by atoms with Gasteiger partial charge >= 0.3 is 5.97 Å². The quantitative estimate of drug-likeness (QED) is 0.346. The molecule has 8 nitrogen and oxygen atoms in total. The Morgan fingerprint density at radius 3 is 2.75 bits per heavy atom. The lowest BCUT2D eigenvalue weighted by Gasteiger charge is -2.10. The number of rotatable bonds is 5. The second-order valence-electron chi connectivity index (χ2n) is 4.34. The van der Waals surface area contributed by atoms with Crippen LogP contribution in [0, 0.1) is 22.5 Å². The van der Waals surface area contributed by atoms with Crippen molar-refractivity contribution in [2.45, 2.75) is 4.90 Å². The van der Waals surface area contributed by atoms with Crippen molar-refractivity contribution in [2.75, 3.05) is 6.61 Å². The molecule has 0 spiro atoms. The largest absolute Gasteiger partial charge is 0.448 e. The average Bonchev–Trinajstić information content (AvgIpc) is 3.02. The van der Waals surface area contributed by atoms with E-state index in [-0.39, 0.29) is 17.3 Å². The van der Waals surface area contributed by atoms with Gasteiger partial charge in [0, 0.05) is 17.3 Å². The number of carbonyl (C=O) groups is 1. The Morgan fingerprint density at radius 2 is 2.12 bits per heavy atom. The summed E-state index contributed by atoms with van der Waals surface area (Å²) in [5.41, 5.74) is -1.02. The molecule has 0 bridgehead atoms. The van der Waals surface area contributed by atoms with Gasteiger partial charge in [-0.3, -0.25) is 10.1 Å². The van der Waals surface area contributed by atoms with Gasteiger partial charge in [0.25, 0.3) is 15.7 Å². The third-order valence-electron chi connectivity index (χ3n) is 2.86. The van der Waals surface area contributed by atoms with E-state index in [0.29, 0.717) is 3.97 Å². The fourth-order valence-electron chi connectivity index (χ4n) is 1.87. The molecule has 124 valence electrons. The van der Waals surface area contributed by atoms with Gasteiger partial charge in [-0.25, -0.2) is 17.2 Å². The summed E-state index contributed by atoms with van der Waals surface area (Å²) in [5.74, 6) is 1.09. The SMILES string of the molecule is C#CCOC(=O)c1cccn1S(=O)(=O)c1cc(Cl)ccc1[N+](=O)[O-]. The van der Waals surface area contributed by atoms with Gasteiger partial charge in [0.2, 0.25) is 0 Å². The van der Waals surface area contributed by atoms with Crippen LogP contribution in [0.4, 0.5) is 5.69 Å². The predicted octanol–water partition coefficient (Wildman–Crippen LogP) is 2.08. The summed E-state index contributed by atoms with van der Waals surface area (Å²) in [7, 11) is -4.46. The second-order valence-corrected chi connectivity index (χ2v) is 6.56. The lowest BCUT2D eigenvalue weighted by atomic mass is 10.3. The first-order chi connectivity index (χ1) is 11.3. The number of ether oxygens (including phenoxy) is 1. The molecule has 0 amide bonds. The number of aromatic nitrogens is 1. The first kappa shape index (κ1) is 17.5. The van der Waals surface area contributed by atoms with Crippen LogP contribution in [0.2, 0.25) is 5.02 Å². The smallest absolute Gasteiger partial charge is 0.356 e. The highest BCUT2D eigenvalue weighted by Gasteiger charge is 2.30. The second kappa shape index (κ2) is 6.74. The molecule has 1 aromatic heterocycles. The van der Waals surface area contributed by atoms with E-state index in [9.17, 15) is 23.3 Å². The summed E-state index contributed by atoms with van der Waals surface area (Å²) in [6.07, 6.45) is 6.03. The minimum Gasteiger partial charge on any atom is -0.448 e. The van der Waals surface area contributed by atoms with E-state index in [4.69, 9.17) is 18.0 Å². The fourth-order valence-corrected chi connectivity index (χ4v) is 3.62. The van der Waals surface area contributed by atoms with Crippen molar-refractivity contribution < 1.29 is 22.9 Å². The summed E-state index contributed by atoms with van der Waals surface area (Å²) < 4.78 is 30.7. The molecular formula is C14H9ClN2O6S. The molecule has 10 heteroatoms. The van der Waals surface area contributed by atoms with E-state index < -0.39 is 31.5 Å².